The molecular weight excluding hydrogens is 314 g/mol. The quantitative estimate of drug-likeness (QED) is 0.850. The second-order valence-electron chi connectivity index (χ2n) is 6.86. The number of allylic oxidation sites excluding steroid dienone is 1. The molecule has 124 valence electrons. The van der Waals surface area contributed by atoms with Crippen LogP contribution in [-0.4, -0.2) is 18.3 Å². The number of fused-ring (bicyclic) bond motifs is 4. The number of anilines is 1. The Hall–Kier alpha value is -2.72. The van der Waals surface area contributed by atoms with Crippen molar-refractivity contribution in [1.82, 2.24) is 0 Å². The third-order valence-electron chi connectivity index (χ3n) is 5.50. The van der Waals surface area contributed by atoms with Crippen molar-refractivity contribution in [2.24, 2.45) is 5.92 Å². The minimum atomic E-state index is -1.04. The molecule has 4 nitrogen and oxygen atoms in total. The first-order valence-electron chi connectivity index (χ1n) is 8.53. The van der Waals surface area contributed by atoms with Gasteiger partial charge in [-0.3, -0.25) is 9.59 Å². The highest BCUT2D eigenvalue weighted by Crippen LogP contribution is 2.55. The fourth-order valence-corrected chi connectivity index (χ4v) is 4.39. The maximum atomic E-state index is 13.5. The Bertz CT molecular complexity index is 918. The molecule has 0 N–H and O–H groups in total. The lowest BCUT2D eigenvalue weighted by atomic mass is 9.80. The van der Waals surface area contributed by atoms with E-state index in [0.717, 1.165) is 22.4 Å². The van der Waals surface area contributed by atoms with Crippen molar-refractivity contribution in [1.29, 1.82) is 0 Å². The van der Waals surface area contributed by atoms with E-state index in [4.69, 9.17) is 4.74 Å². The molecule has 1 aliphatic carbocycles. The van der Waals surface area contributed by atoms with Crippen LogP contribution in [0, 0.1) is 5.92 Å². The fourth-order valence-electron chi connectivity index (χ4n) is 4.39. The van der Waals surface area contributed by atoms with Crippen molar-refractivity contribution < 1.29 is 14.3 Å². The predicted octanol–water partition coefficient (Wildman–Crippen LogP) is 2.97. The van der Waals surface area contributed by atoms with Crippen LogP contribution < -0.4 is 4.90 Å². The van der Waals surface area contributed by atoms with Crippen molar-refractivity contribution in [3.63, 3.8) is 0 Å². The monoisotopic (exact) mass is 331 g/mol. The number of carbonyl (C=O) groups excluding carboxylic acids is 2. The van der Waals surface area contributed by atoms with Gasteiger partial charge in [0.2, 0.25) is 0 Å². The molecule has 5 rings (SSSR count). The number of amides is 1. The number of para-hydroxylation sites is 1. The smallest absolute Gasteiger partial charge is 0.264 e. The number of carbonyl (C=O) groups is 2. The van der Waals surface area contributed by atoms with E-state index in [1.807, 2.05) is 54.6 Å². The molecule has 0 bridgehead atoms. The van der Waals surface area contributed by atoms with Crippen LogP contribution in [-0.2, 0) is 26.5 Å². The van der Waals surface area contributed by atoms with Crippen molar-refractivity contribution in [2.75, 3.05) is 11.5 Å². The Morgan fingerprint density at radius 2 is 1.80 bits per heavy atom. The molecule has 0 radical (unpaired) electrons. The number of rotatable bonds is 2. The lowest BCUT2D eigenvalue weighted by Crippen LogP contribution is -2.44. The average Bonchev–Trinajstić information content (AvgIpc) is 3.24. The van der Waals surface area contributed by atoms with Crippen LogP contribution in [0.5, 0.6) is 0 Å². The van der Waals surface area contributed by atoms with Gasteiger partial charge >= 0.3 is 0 Å². The second kappa shape index (κ2) is 5.14. The van der Waals surface area contributed by atoms with Crippen LogP contribution in [0.4, 0.5) is 5.69 Å². The summed E-state index contributed by atoms with van der Waals surface area (Å²) < 4.78 is 6.11. The minimum Gasteiger partial charge on any atom is -0.355 e. The zero-order valence-electron chi connectivity index (χ0n) is 13.6. The zero-order valence-corrected chi connectivity index (χ0v) is 13.6. The SMILES string of the molecule is O=C1C=C2COC3(C(=O)N(Cc4ccccc4)c4ccccc43)C2C1. The van der Waals surface area contributed by atoms with Crippen LogP contribution in [0.25, 0.3) is 0 Å². The summed E-state index contributed by atoms with van der Waals surface area (Å²) in [7, 11) is 0. The summed E-state index contributed by atoms with van der Waals surface area (Å²) in [6.45, 7) is 0.858. The Balaban J connectivity index is 1.62. The van der Waals surface area contributed by atoms with Crippen molar-refractivity contribution in [2.45, 2.75) is 18.6 Å². The first-order chi connectivity index (χ1) is 12.2. The second-order valence-corrected chi connectivity index (χ2v) is 6.86. The van der Waals surface area contributed by atoms with Gasteiger partial charge in [-0.05, 0) is 23.3 Å². The minimum absolute atomic E-state index is 0.0550. The van der Waals surface area contributed by atoms with E-state index in [1.165, 1.54) is 0 Å². The van der Waals surface area contributed by atoms with E-state index in [-0.39, 0.29) is 17.6 Å². The van der Waals surface area contributed by atoms with Crippen LogP contribution in [0.2, 0.25) is 0 Å². The summed E-state index contributed by atoms with van der Waals surface area (Å²) in [5, 5.41) is 0. The van der Waals surface area contributed by atoms with Crippen molar-refractivity contribution in [3.05, 3.63) is 77.4 Å². The van der Waals surface area contributed by atoms with E-state index in [9.17, 15) is 9.59 Å². The molecule has 0 saturated carbocycles. The molecule has 1 fully saturated rings. The molecule has 4 heteroatoms. The topological polar surface area (TPSA) is 46.6 Å². The molecule has 2 unspecified atom stereocenters. The fraction of sp³-hybridized carbons (Fsp3) is 0.238. The van der Waals surface area contributed by atoms with Gasteiger partial charge in [0.25, 0.3) is 5.91 Å². The van der Waals surface area contributed by atoms with E-state index in [2.05, 4.69) is 0 Å². The van der Waals surface area contributed by atoms with Crippen LogP contribution >= 0.6 is 0 Å². The summed E-state index contributed by atoms with van der Waals surface area (Å²) in [4.78, 5) is 27.2. The Morgan fingerprint density at radius 3 is 2.64 bits per heavy atom. The average molecular weight is 331 g/mol. The molecule has 0 aromatic heterocycles. The summed E-state index contributed by atoms with van der Waals surface area (Å²) in [5.74, 6) is -0.135. The standard InChI is InChI=1S/C21H17NO3/c23-16-10-15-13-25-21(18(15)11-16)17-8-4-5-9-19(17)22(20(21)24)12-14-6-2-1-3-7-14/h1-10,18H,11-13H2. The highest BCUT2D eigenvalue weighted by molar-refractivity contribution is 6.09. The molecule has 2 aromatic carbocycles. The molecule has 1 spiro atoms. The van der Waals surface area contributed by atoms with E-state index in [1.54, 1.807) is 11.0 Å². The first kappa shape index (κ1) is 14.6. The number of ketones is 1. The van der Waals surface area contributed by atoms with Gasteiger partial charge in [0.15, 0.2) is 11.4 Å². The van der Waals surface area contributed by atoms with Crippen molar-refractivity contribution in [3.8, 4) is 0 Å². The summed E-state index contributed by atoms with van der Waals surface area (Å²) in [5.41, 5.74) is 2.76. The van der Waals surface area contributed by atoms with Crippen LogP contribution in [0.1, 0.15) is 17.5 Å². The normalized spacial score (nSPS) is 27.0. The van der Waals surface area contributed by atoms with Crippen LogP contribution in [0.3, 0.4) is 0 Å². The molecule has 3 aliphatic rings. The molecule has 2 aromatic rings. The summed E-state index contributed by atoms with van der Waals surface area (Å²) >= 11 is 0. The highest BCUT2D eigenvalue weighted by Gasteiger charge is 2.62. The van der Waals surface area contributed by atoms with Crippen molar-refractivity contribution >= 4 is 17.4 Å². The lowest BCUT2D eigenvalue weighted by Gasteiger charge is -2.28. The highest BCUT2D eigenvalue weighted by atomic mass is 16.5. The predicted molar refractivity (Wildman–Crippen MR) is 92.9 cm³/mol. The summed E-state index contributed by atoms with van der Waals surface area (Å²) in [6, 6.07) is 17.7. The van der Waals surface area contributed by atoms with E-state index < -0.39 is 5.60 Å². The number of hydrogen-bond donors (Lipinski definition) is 0. The summed E-state index contributed by atoms with van der Waals surface area (Å²) in [6.07, 6.45) is 2.02. The zero-order chi connectivity index (χ0) is 17.0. The number of ether oxygens (including phenoxy) is 1. The van der Waals surface area contributed by atoms with Gasteiger partial charge in [-0.2, -0.15) is 0 Å². The first-order valence-corrected chi connectivity index (χ1v) is 8.53. The maximum Gasteiger partial charge on any atom is 0.264 e. The Labute approximate surface area is 145 Å². The number of benzene rings is 2. The van der Waals surface area contributed by atoms with Gasteiger partial charge in [-0.15, -0.1) is 0 Å². The Kier molecular flexibility index (Phi) is 3.00. The van der Waals surface area contributed by atoms with E-state index >= 15 is 0 Å². The number of nitrogens with zero attached hydrogens (tertiary/aromatic N) is 1. The molecule has 2 aliphatic heterocycles. The van der Waals surface area contributed by atoms with Gasteiger partial charge in [0.05, 0.1) is 18.8 Å². The Morgan fingerprint density at radius 1 is 1.04 bits per heavy atom. The van der Waals surface area contributed by atoms with Gasteiger partial charge in [0, 0.05) is 17.9 Å². The van der Waals surface area contributed by atoms with Gasteiger partial charge in [-0.1, -0.05) is 48.5 Å². The third kappa shape index (κ3) is 1.91. The molecule has 2 atom stereocenters. The van der Waals surface area contributed by atoms with E-state index in [0.29, 0.717) is 19.6 Å². The third-order valence-corrected chi connectivity index (χ3v) is 5.50. The molecule has 1 saturated heterocycles. The van der Waals surface area contributed by atoms with Gasteiger partial charge in [-0.25, -0.2) is 0 Å². The lowest BCUT2D eigenvalue weighted by molar-refractivity contribution is -0.142. The van der Waals surface area contributed by atoms with Crippen LogP contribution in [0.15, 0.2) is 66.2 Å². The molecule has 1 amide bonds. The van der Waals surface area contributed by atoms with Gasteiger partial charge in [0.1, 0.15) is 0 Å². The molecule has 25 heavy (non-hydrogen) atoms. The molecule has 2 heterocycles. The largest absolute Gasteiger partial charge is 0.355 e. The molecular formula is C21H17NO3. The number of hydrogen-bond acceptors (Lipinski definition) is 3. The maximum absolute atomic E-state index is 13.5. The van der Waals surface area contributed by atoms with Gasteiger partial charge < -0.3 is 9.64 Å².